The van der Waals surface area contributed by atoms with E-state index in [4.69, 9.17) is 4.55 Å². The first-order valence-electron chi connectivity index (χ1n) is 8.57. The first-order chi connectivity index (χ1) is 11.9. The van der Waals surface area contributed by atoms with Gasteiger partial charge in [-0.05, 0) is 54.7 Å². The van der Waals surface area contributed by atoms with Crippen molar-refractivity contribution in [2.24, 2.45) is 0 Å². The molecule has 0 aliphatic carbocycles. The van der Waals surface area contributed by atoms with Crippen LogP contribution in [0.1, 0.15) is 31.4 Å². The Balaban J connectivity index is 1.98. The second-order valence-corrected chi connectivity index (χ2v) is 8.86. The number of benzene rings is 2. The Hall–Kier alpha value is -1.50. The van der Waals surface area contributed by atoms with Crippen LogP contribution < -0.4 is 4.90 Å². The first-order valence-corrected chi connectivity index (χ1v) is 11.0. The summed E-state index contributed by atoms with van der Waals surface area (Å²) in [5.41, 5.74) is 4.78. The molecule has 1 aliphatic rings. The van der Waals surface area contributed by atoms with Crippen LogP contribution in [-0.4, -0.2) is 25.3 Å². The van der Waals surface area contributed by atoms with E-state index in [0.29, 0.717) is 13.0 Å². The molecule has 1 aliphatic heterocycles. The summed E-state index contributed by atoms with van der Waals surface area (Å²) in [7, 11) is -3.94. The highest BCUT2D eigenvalue weighted by Gasteiger charge is 2.24. The zero-order chi connectivity index (χ0) is 18.0. The molecule has 0 saturated carbocycles. The summed E-state index contributed by atoms with van der Waals surface area (Å²) >= 11 is 1.76. The number of aryl methyl sites for hydroxylation is 2. The molecular weight excluding hydrogens is 354 g/mol. The molecule has 0 aromatic heterocycles. The minimum atomic E-state index is -3.94. The topological polar surface area (TPSA) is 57.6 Å². The zero-order valence-corrected chi connectivity index (χ0v) is 16.2. The molecule has 2 aromatic carbocycles. The molecule has 1 N–H and O–H groups in total. The van der Waals surface area contributed by atoms with Gasteiger partial charge in [-0.3, -0.25) is 4.55 Å². The molecule has 0 unspecified atom stereocenters. The number of hydrogen-bond donors (Lipinski definition) is 1. The molecule has 1 heterocycles. The van der Waals surface area contributed by atoms with E-state index >= 15 is 0 Å². The van der Waals surface area contributed by atoms with Gasteiger partial charge in [-0.15, -0.1) is 0 Å². The Kier molecular flexibility index (Phi) is 5.41. The number of rotatable bonds is 6. The van der Waals surface area contributed by atoms with Crippen LogP contribution in [0.4, 0.5) is 11.4 Å². The predicted octanol–water partition coefficient (Wildman–Crippen LogP) is 4.69. The molecule has 3 rings (SSSR count). The maximum absolute atomic E-state index is 11.1. The molecule has 25 heavy (non-hydrogen) atoms. The summed E-state index contributed by atoms with van der Waals surface area (Å²) in [6.45, 7) is 4.82. The lowest BCUT2D eigenvalue weighted by Gasteiger charge is -2.33. The van der Waals surface area contributed by atoms with E-state index in [-0.39, 0.29) is 5.75 Å². The first kappa shape index (κ1) is 18.3. The fourth-order valence-corrected chi connectivity index (χ4v) is 4.69. The lowest BCUT2D eigenvalue weighted by molar-refractivity contribution is 0.481. The molecular formula is C19H23NO3S2. The molecule has 0 spiro atoms. The summed E-state index contributed by atoms with van der Waals surface area (Å²) in [5.74, 6) is -0.220. The van der Waals surface area contributed by atoms with Crippen LogP contribution in [0, 0.1) is 0 Å². The summed E-state index contributed by atoms with van der Waals surface area (Å²) < 4.78 is 31.2. The van der Waals surface area contributed by atoms with Gasteiger partial charge in [0.15, 0.2) is 0 Å². The highest BCUT2D eigenvalue weighted by molar-refractivity contribution is 7.99. The average molecular weight is 378 g/mol. The molecule has 0 atom stereocenters. The standard InChI is InChI=1S/C19H23NO3S2/c1-3-14-7-9-18-17(12-14)20(10-5-11-25(21,22)23)16-8-6-15(4-2)13-19(16)24-18/h6-9,12-13H,3-5,10-11H2,1-2H3,(H,21,22,23). The van der Waals surface area contributed by atoms with Gasteiger partial charge in [-0.2, -0.15) is 8.42 Å². The van der Waals surface area contributed by atoms with E-state index in [1.165, 1.54) is 20.9 Å². The SMILES string of the molecule is CCc1ccc2c(c1)Sc1ccc(CC)cc1N2CCCS(=O)(=O)O. The van der Waals surface area contributed by atoms with Crippen molar-refractivity contribution in [3.8, 4) is 0 Å². The van der Waals surface area contributed by atoms with Crippen molar-refractivity contribution < 1.29 is 13.0 Å². The van der Waals surface area contributed by atoms with Crippen LogP contribution in [0.3, 0.4) is 0 Å². The Labute approximate surface area is 154 Å². The Morgan fingerprint density at radius 2 is 1.64 bits per heavy atom. The van der Waals surface area contributed by atoms with Gasteiger partial charge in [0.2, 0.25) is 0 Å². The largest absolute Gasteiger partial charge is 0.340 e. The van der Waals surface area contributed by atoms with Crippen LogP contribution in [0.5, 0.6) is 0 Å². The quantitative estimate of drug-likeness (QED) is 0.740. The molecule has 0 amide bonds. The molecule has 0 radical (unpaired) electrons. The van der Waals surface area contributed by atoms with Gasteiger partial charge in [0, 0.05) is 16.3 Å². The maximum Gasteiger partial charge on any atom is 0.264 e. The fraction of sp³-hybridized carbons (Fsp3) is 0.368. The van der Waals surface area contributed by atoms with E-state index in [0.717, 1.165) is 24.2 Å². The van der Waals surface area contributed by atoms with Gasteiger partial charge in [0.05, 0.1) is 17.1 Å². The van der Waals surface area contributed by atoms with Crippen LogP contribution in [0.25, 0.3) is 0 Å². The summed E-state index contributed by atoms with van der Waals surface area (Å²) in [5, 5.41) is 0. The van der Waals surface area contributed by atoms with Crippen molar-refractivity contribution in [1.29, 1.82) is 0 Å². The number of anilines is 2. The van der Waals surface area contributed by atoms with Crippen molar-refractivity contribution in [2.45, 2.75) is 42.9 Å². The fourth-order valence-electron chi connectivity index (χ4n) is 3.06. The minimum Gasteiger partial charge on any atom is -0.340 e. The second kappa shape index (κ2) is 7.40. The van der Waals surface area contributed by atoms with Gasteiger partial charge >= 0.3 is 0 Å². The van der Waals surface area contributed by atoms with Crippen LogP contribution in [-0.2, 0) is 23.0 Å². The molecule has 0 fully saturated rings. The third kappa shape index (κ3) is 4.19. The van der Waals surface area contributed by atoms with E-state index in [9.17, 15) is 8.42 Å². The minimum absolute atomic E-state index is 0.220. The van der Waals surface area contributed by atoms with Gasteiger partial charge in [0.1, 0.15) is 0 Å². The molecule has 134 valence electrons. The highest BCUT2D eigenvalue weighted by atomic mass is 32.2. The van der Waals surface area contributed by atoms with Gasteiger partial charge in [-0.25, -0.2) is 0 Å². The Morgan fingerprint density at radius 1 is 0.960 bits per heavy atom. The van der Waals surface area contributed by atoms with E-state index in [1.807, 2.05) is 0 Å². The molecule has 0 saturated heterocycles. The number of hydrogen-bond acceptors (Lipinski definition) is 4. The van der Waals surface area contributed by atoms with Crippen molar-refractivity contribution in [2.75, 3.05) is 17.2 Å². The van der Waals surface area contributed by atoms with E-state index < -0.39 is 10.1 Å². The molecule has 6 heteroatoms. The van der Waals surface area contributed by atoms with Crippen LogP contribution in [0.15, 0.2) is 46.2 Å². The Bertz CT molecular complexity index is 878. The maximum atomic E-state index is 11.1. The zero-order valence-electron chi connectivity index (χ0n) is 14.5. The van der Waals surface area contributed by atoms with Crippen LogP contribution in [0.2, 0.25) is 0 Å². The van der Waals surface area contributed by atoms with Gasteiger partial charge in [0.25, 0.3) is 10.1 Å². The summed E-state index contributed by atoms with van der Waals surface area (Å²) in [6, 6.07) is 13.0. The lowest BCUT2D eigenvalue weighted by Crippen LogP contribution is -2.24. The van der Waals surface area contributed by atoms with Crippen molar-refractivity contribution in [1.82, 2.24) is 0 Å². The van der Waals surface area contributed by atoms with Crippen molar-refractivity contribution >= 4 is 33.3 Å². The summed E-state index contributed by atoms with van der Waals surface area (Å²) in [4.78, 5) is 4.57. The van der Waals surface area contributed by atoms with E-state index in [2.05, 4.69) is 55.1 Å². The third-order valence-corrected chi connectivity index (χ3v) is 6.37. The normalized spacial score (nSPS) is 13.5. The lowest BCUT2D eigenvalue weighted by atomic mass is 10.1. The van der Waals surface area contributed by atoms with Gasteiger partial charge in [-0.1, -0.05) is 37.7 Å². The molecule has 2 aromatic rings. The second-order valence-electron chi connectivity index (χ2n) is 6.20. The average Bonchev–Trinajstić information content (AvgIpc) is 2.59. The molecule has 0 bridgehead atoms. The van der Waals surface area contributed by atoms with Crippen molar-refractivity contribution in [3.05, 3.63) is 47.5 Å². The predicted molar refractivity (Wildman–Crippen MR) is 104 cm³/mol. The summed E-state index contributed by atoms with van der Waals surface area (Å²) in [6.07, 6.45) is 2.32. The highest BCUT2D eigenvalue weighted by Crippen LogP contribution is 2.48. The van der Waals surface area contributed by atoms with Crippen LogP contribution >= 0.6 is 11.8 Å². The number of nitrogens with zero attached hydrogens (tertiary/aromatic N) is 1. The smallest absolute Gasteiger partial charge is 0.264 e. The third-order valence-electron chi connectivity index (χ3n) is 4.45. The number of fused-ring (bicyclic) bond motifs is 2. The van der Waals surface area contributed by atoms with Crippen molar-refractivity contribution in [3.63, 3.8) is 0 Å². The van der Waals surface area contributed by atoms with E-state index in [1.54, 1.807) is 11.8 Å². The Morgan fingerprint density at radius 3 is 2.32 bits per heavy atom. The van der Waals surface area contributed by atoms with Gasteiger partial charge < -0.3 is 4.90 Å². The monoisotopic (exact) mass is 377 g/mol. The molecule has 4 nitrogen and oxygen atoms in total.